The predicted octanol–water partition coefficient (Wildman–Crippen LogP) is 4.89. The van der Waals surface area contributed by atoms with Gasteiger partial charge >= 0.3 is 5.97 Å². The molecule has 0 bridgehead atoms. The van der Waals surface area contributed by atoms with Gasteiger partial charge < -0.3 is 15.4 Å². The standard InChI is InChI=1S/C26H22N2O4/c29-24(27-22-13-5-9-18-7-1-3-11-20(18)22)15-16-26(31)32-17-25(30)28-23-14-6-10-19-8-2-4-12-21(19)23/h1-14H,15-17H2,(H,27,29)(H,28,30). The van der Waals surface area contributed by atoms with Crippen LogP contribution in [-0.2, 0) is 19.1 Å². The van der Waals surface area contributed by atoms with Crippen molar-refractivity contribution in [3.8, 4) is 0 Å². The van der Waals surface area contributed by atoms with Gasteiger partial charge in [-0.1, -0.05) is 72.8 Å². The van der Waals surface area contributed by atoms with Gasteiger partial charge in [-0.05, 0) is 22.9 Å². The topological polar surface area (TPSA) is 84.5 Å². The molecule has 160 valence electrons. The summed E-state index contributed by atoms with van der Waals surface area (Å²) < 4.78 is 5.03. The maximum atomic E-state index is 12.3. The minimum Gasteiger partial charge on any atom is -0.456 e. The molecule has 0 saturated carbocycles. The van der Waals surface area contributed by atoms with Gasteiger partial charge in [0.15, 0.2) is 6.61 Å². The molecular weight excluding hydrogens is 404 g/mol. The summed E-state index contributed by atoms with van der Waals surface area (Å²) in [4.78, 5) is 36.5. The summed E-state index contributed by atoms with van der Waals surface area (Å²) in [5.74, 6) is -1.33. The number of ether oxygens (including phenoxy) is 1. The molecule has 0 fully saturated rings. The Bertz CT molecular complexity index is 1190. The zero-order chi connectivity index (χ0) is 22.3. The third-order valence-corrected chi connectivity index (χ3v) is 5.05. The first kappa shape index (κ1) is 21.1. The molecule has 0 radical (unpaired) electrons. The Morgan fingerprint density at radius 1 is 0.594 bits per heavy atom. The van der Waals surface area contributed by atoms with Crippen LogP contribution in [0, 0.1) is 0 Å². The molecule has 2 amide bonds. The quantitative estimate of drug-likeness (QED) is 0.412. The maximum Gasteiger partial charge on any atom is 0.306 e. The summed E-state index contributed by atoms with van der Waals surface area (Å²) in [5.41, 5.74) is 1.34. The highest BCUT2D eigenvalue weighted by Gasteiger charge is 2.12. The van der Waals surface area contributed by atoms with Crippen molar-refractivity contribution in [2.75, 3.05) is 17.2 Å². The van der Waals surface area contributed by atoms with Crippen LogP contribution in [0.2, 0.25) is 0 Å². The maximum absolute atomic E-state index is 12.3. The molecule has 4 rings (SSSR count). The van der Waals surface area contributed by atoms with Gasteiger partial charge in [0.1, 0.15) is 0 Å². The van der Waals surface area contributed by atoms with Crippen LogP contribution in [0.25, 0.3) is 21.5 Å². The number of esters is 1. The summed E-state index contributed by atoms with van der Waals surface area (Å²) in [6, 6.07) is 26.6. The van der Waals surface area contributed by atoms with Crippen LogP contribution < -0.4 is 10.6 Å². The second-order valence-corrected chi connectivity index (χ2v) is 7.31. The van der Waals surface area contributed by atoms with Crippen LogP contribution >= 0.6 is 0 Å². The van der Waals surface area contributed by atoms with Gasteiger partial charge in [0, 0.05) is 28.6 Å². The van der Waals surface area contributed by atoms with Crippen molar-refractivity contribution in [1.29, 1.82) is 0 Å². The first-order valence-electron chi connectivity index (χ1n) is 10.3. The van der Waals surface area contributed by atoms with Gasteiger partial charge in [0.2, 0.25) is 5.91 Å². The molecule has 0 atom stereocenters. The van der Waals surface area contributed by atoms with Gasteiger partial charge in [-0.3, -0.25) is 14.4 Å². The first-order chi connectivity index (χ1) is 15.6. The molecule has 0 heterocycles. The lowest BCUT2D eigenvalue weighted by Crippen LogP contribution is -2.22. The molecule has 32 heavy (non-hydrogen) atoms. The number of fused-ring (bicyclic) bond motifs is 2. The molecule has 0 saturated heterocycles. The van der Waals surface area contributed by atoms with Gasteiger partial charge in [0.25, 0.3) is 5.91 Å². The molecule has 4 aromatic carbocycles. The Kier molecular flexibility index (Phi) is 6.41. The normalized spacial score (nSPS) is 10.6. The minimum absolute atomic E-state index is 0.0347. The Balaban J connectivity index is 1.25. The monoisotopic (exact) mass is 426 g/mol. The molecular formula is C26H22N2O4. The molecule has 0 aliphatic heterocycles. The molecule has 0 aliphatic rings. The molecule has 0 aliphatic carbocycles. The first-order valence-corrected chi connectivity index (χ1v) is 10.3. The SMILES string of the molecule is O=C(CCC(=O)OCC(=O)Nc1cccc2ccccc12)Nc1cccc2ccccc12. The fourth-order valence-electron chi connectivity index (χ4n) is 3.50. The number of hydrogen-bond donors (Lipinski definition) is 2. The Morgan fingerprint density at radius 2 is 1.09 bits per heavy atom. The van der Waals surface area contributed by atoms with Crippen molar-refractivity contribution in [2.24, 2.45) is 0 Å². The highest BCUT2D eigenvalue weighted by molar-refractivity contribution is 6.04. The molecule has 4 aromatic rings. The van der Waals surface area contributed by atoms with Gasteiger partial charge in [-0.25, -0.2) is 0 Å². The van der Waals surface area contributed by atoms with Crippen molar-refractivity contribution < 1.29 is 19.1 Å². The van der Waals surface area contributed by atoms with Crippen molar-refractivity contribution in [2.45, 2.75) is 12.8 Å². The molecule has 0 spiro atoms. The smallest absolute Gasteiger partial charge is 0.306 e. The summed E-state index contributed by atoms with van der Waals surface area (Å²) in [6.07, 6.45) is -0.148. The third kappa shape index (κ3) is 5.10. The Morgan fingerprint density at radius 3 is 1.69 bits per heavy atom. The molecule has 0 aromatic heterocycles. The van der Waals surface area contributed by atoms with Crippen molar-refractivity contribution in [1.82, 2.24) is 0 Å². The summed E-state index contributed by atoms with van der Waals surface area (Å²) in [5, 5.41) is 9.43. The number of benzene rings is 4. The van der Waals surface area contributed by atoms with Gasteiger partial charge in [-0.15, -0.1) is 0 Å². The lowest BCUT2D eigenvalue weighted by Gasteiger charge is -2.10. The highest BCUT2D eigenvalue weighted by atomic mass is 16.5. The van der Waals surface area contributed by atoms with Crippen molar-refractivity contribution >= 4 is 50.7 Å². The fraction of sp³-hybridized carbons (Fsp3) is 0.115. The van der Waals surface area contributed by atoms with Crippen LogP contribution in [0.5, 0.6) is 0 Å². The van der Waals surface area contributed by atoms with Crippen molar-refractivity contribution in [3.63, 3.8) is 0 Å². The van der Waals surface area contributed by atoms with Gasteiger partial charge in [-0.2, -0.15) is 0 Å². The fourth-order valence-corrected chi connectivity index (χ4v) is 3.50. The van der Waals surface area contributed by atoms with E-state index in [2.05, 4.69) is 10.6 Å². The molecule has 0 unspecified atom stereocenters. The summed E-state index contributed by atoms with van der Waals surface area (Å²) in [7, 11) is 0. The van der Waals surface area contributed by atoms with Crippen molar-refractivity contribution in [3.05, 3.63) is 84.9 Å². The van der Waals surface area contributed by atoms with E-state index in [1.165, 1.54) is 0 Å². The summed E-state index contributed by atoms with van der Waals surface area (Å²) >= 11 is 0. The van der Waals surface area contributed by atoms with E-state index in [0.29, 0.717) is 11.4 Å². The second kappa shape index (κ2) is 9.75. The third-order valence-electron chi connectivity index (χ3n) is 5.05. The minimum atomic E-state index is -0.605. The van der Waals surface area contributed by atoms with E-state index < -0.39 is 18.5 Å². The van der Waals surface area contributed by atoms with Crippen LogP contribution in [0.1, 0.15) is 12.8 Å². The van der Waals surface area contributed by atoms with E-state index in [-0.39, 0.29) is 18.7 Å². The number of amides is 2. The lowest BCUT2D eigenvalue weighted by molar-refractivity contribution is -0.147. The zero-order valence-electron chi connectivity index (χ0n) is 17.3. The highest BCUT2D eigenvalue weighted by Crippen LogP contribution is 2.24. The largest absolute Gasteiger partial charge is 0.456 e. The van der Waals surface area contributed by atoms with Crippen LogP contribution in [0.4, 0.5) is 11.4 Å². The number of hydrogen-bond acceptors (Lipinski definition) is 4. The van der Waals surface area contributed by atoms with E-state index in [9.17, 15) is 14.4 Å². The number of rotatable bonds is 7. The zero-order valence-corrected chi connectivity index (χ0v) is 17.3. The van der Waals surface area contributed by atoms with E-state index in [1.807, 2.05) is 78.9 Å². The van der Waals surface area contributed by atoms with E-state index >= 15 is 0 Å². The number of nitrogens with one attached hydrogen (secondary N) is 2. The lowest BCUT2D eigenvalue weighted by atomic mass is 10.1. The van der Waals surface area contributed by atoms with E-state index in [4.69, 9.17) is 4.74 Å². The van der Waals surface area contributed by atoms with Crippen LogP contribution in [0.3, 0.4) is 0 Å². The average Bonchev–Trinajstić information content (AvgIpc) is 2.82. The van der Waals surface area contributed by atoms with Crippen LogP contribution in [0.15, 0.2) is 84.9 Å². The van der Waals surface area contributed by atoms with E-state index in [0.717, 1.165) is 21.5 Å². The molecule has 6 heteroatoms. The Hall–Kier alpha value is -4.19. The second-order valence-electron chi connectivity index (χ2n) is 7.31. The number of carbonyl (C=O) groups excluding carboxylic acids is 3. The molecule has 6 nitrogen and oxygen atoms in total. The number of carbonyl (C=O) groups is 3. The van der Waals surface area contributed by atoms with Crippen LogP contribution in [-0.4, -0.2) is 24.4 Å². The number of anilines is 2. The van der Waals surface area contributed by atoms with Gasteiger partial charge in [0.05, 0.1) is 6.42 Å². The summed E-state index contributed by atoms with van der Waals surface area (Å²) in [6.45, 7) is -0.410. The average molecular weight is 426 g/mol. The Labute approximate surface area is 185 Å². The molecule has 2 N–H and O–H groups in total. The predicted molar refractivity (Wildman–Crippen MR) is 125 cm³/mol. The van der Waals surface area contributed by atoms with E-state index in [1.54, 1.807) is 6.07 Å².